The van der Waals surface area contributed by atoms with Crippen molar-refractivity contribution in [2.75, 3.05) is 0 Å². The molecular formula is C28H20O2S2. The Morgan fingerprint density at radius 2 is 0.875 bits per heavy atom. The molecule has 0 saturated heterocycles. The van der Waals surface area contributed by atoms with E-state index in [4.69, 9.17) is 0 Å². The Morgan fingerprint density at radius 3 is 1.22 bits per heavy atom. The number of carbonyl (C=O) groups excluding carboxylic acids is 2. The number of benzene rings is 4. The topological polar surface area (TPSA) is 34.1 Å². The maximum Gasteiger partial charge on any atom is 0.216 e. The van der Waals surface area contributed by atoms with Crippen molar-refractivity contribution in [3.8, 4) is 22.3 Å². The van der Waals surface area contributed by atoms with Gasteiger partial charge in [0.2, 0.25) is 10.2 Å². The molecule has 0 aliphatic carbocycles. The highest BCUT2D eigenvalue weighted by Gasteiger charge is 2.06. The van der Waals surface area contributed by atoms with Crippen LogP contribution in [0.5, 0.6) is 0 Å². The van der Waals surface area contributed by atoms with Gasteiger partial charge in [-0.3, -0.25) is 9.59 Å². The van der Waals surface area contributed by atoms with Gasteiger partial charge in [0.1, 0.15) is 0 Å². The fourth-order valence-corrected chi connectivity index (χ4v) is 4.53. The Hall–Kier alpha value is -3.34. The van der Waals surface area contributed by atoms with Crippen LogP contribution in [0.25, 0.3) is 33.0 Å². The van der Waals surface area contributed by atoms with E-state index in [-0.39, 0.29) is 10.2 Å². The highest BCUT2D eigenvalue weighted by Crippen LogP contribution is 2.31. The van der Waals surface area contributed by atoms with Crippen molar-refractivity contribution in [3.63, 3.8) is 0 Å². The molecule has 0 aromatic heterocycles. The number of fused-ring (bicyclic) bond motifs is 1. The molecule has 0 saturated carbocycles. The largest absolute Gasteiger partial charge is 0.282 e. The lowest BCUT2D eigenvalue weighted by atomic mass is 9.98. The normalized spacial score (nSPS) is 10.6. The summed E-state index contributed by atoms with van der Waals surface area (Å²) in [5.41, 5.74) is 4.47. The van der Waals surface area contributed by atoms with Gasteiger partial charge in [0.05, 0.1) is 0 Å². The predicted molar refractivity (Wildman–Crippen MR) is 137 cm³/mol. The second kappa shape index (κ2) is 9.86. The van der Waals surface area contributed by atoms with Gasteiger partial charge in [0.25, 0.3) is 0 Å². The van der Waals surface area contributed by atoms with Crippen LogP contribution in [0.15, 0.2) is 120 Å². The summed E-state index contributed by atoms with van der Waals surface area (Å²) in [6, 6.07) is 28.8. The second-order valence-electron chi connectivity index (χ2n) is 7.08. The van der Waals surface area contributed by atoms with Crippen LogP contribution in [0.2, 0.25) is 0 Å². The SMILES string of the molecule is C=CC(=O)Sc1ccc(-c2ccc3cc(-c4ccc(SC(=O)C=C)cc4)ccc3c2)cc1. The second-order valence-corrected chi connectivity index (χ2v) is 9.23. The predicted octanol–water partition coefficient (Wildman–Crippen LogP) is 7.78. The standard InChI is InChI=1S/C28H20O2S2/c1-3-27(29)31-25-13-9-19(10-14-25)21-5-7-24-18-22(6-8-23(24)17-21)20-11-15-26(16-12-20)32-28(30)4-2/h3-18H,1-2H2. The maximum atomic E-state index is 11.5. The van der Waals surface area contributed by atoms with Gasteiger partial charge < -0.3 is 0 Å². The fourth-order valence-electron chi connectivity index (χ4n) is 3.35. The average Bonchev–Trinajstić information content (AvgIpc) is 2.84. The minimum absolute atomic E-state index is 0.0575. The molecule has 0 aliphatic heterocycles. The van der Waals surface area contributed by atoms with Gasteiger partial charge in [-0.25, -0.2) is 0 Å². The van der Waals surface area contributed by atoms with Crippen LogP contribution < -0.4 is 0 Å². The van der Waals surface area contributed by atoms with Gasteiger partial charge >= 0.3 is 0 Å². The third-order valence-corrected chi connectivity index (χ3v) is 6.74. The highest BCUT2D eigenvalue weighted by atomic mass is 32.2. The van der Waals surface area contributed by atoms with Crippen LogP contribution in [0.3, 0.4) is 0 Å². The first-order valence-electron chi connectivity index (χ1n) is 9.99. The smallest absolute Gasteiger partial charge is 0.216 e. The van der Waals surface area contributed by atoms with Crippen LogP contribution in [0, 0.1) is 0 Å². The molecule has 0 unspecified atom stereocenters. The molecule has 4 aromatic carbocycles. The van der Waals surface area contributed by atoms with E-state index in [2.05, 4.69) is 49.6 Å². The first kappa shape index (κ1) is 21.9. The van der Waals surface area contributed by atoms with Crippen molar-refractivity contribution in [1.82, 2.24) is 0 Å². The van der Waals surface area contributed by atoms with Crippen LogP contribution in [0.4, 0.5) is 0 Å². The molecular weight excluding hydrogens is 432 g/mol. The molecule has 0 bridgehead atoms. The number of hydrogen-bond acceptors (Lipinski definition) is 4. The zero-order valence-corrected chi connectivity index (χ0v) is 18.9. The molecule has 2 nitrogen and oxygen atoms in total. The van der Waals surface area contributed by atoms with Gasteiger partial charge in [-0.15, -0.1) is 0 Å². The Balaban J connectivity index is 1.56. The van der Waals surface area contributed by atoms with E-state index in [0.29, 0.717) is 0 Å². The van der Waals surface area contributed by atoms with Crippen LogP contribution in [-0.4, -0.2) is 10.2 Å². The summed E-state index contributed by atoms with van der Waals surface area (Å²) in [6.45, 7) is 7.01. The van der Waals surface area contributed by atoms with Crippen molar-refractivity contribution >= 4 is 44.5 Å². The van der Waals surface area contributed by atoms with E-state index < -0.39 is 0 Å². The molecule has 4 aromatic rings. The highest BCUT2D eigenvalue weighted by molar-refractivity contribution is 8.14. The third-order valence-electron chi connectivity index (χ3n) is 4.99. The Kier molecular flexibility index (Phi) is 6.74. The van der Waals surface area contributed by atoms with Crippen LogP contribution in [0.1, 0.15) is 0 Å². The van der Waals surface area contributed by atoms with E-state index >= 15 is 0 Å². The lowest BCUT2D eigenvalue weighted by Gasteiger charge is -2.08. The molecule has 0 spiro atoms. The van der Waals surface area contributed by atoms with Crippen LogP contribution >= 0.6 is 23.5 Å². The third kappa shape index (κ3) is 5.10. The molecule has 156 valence electrons. The van der Waals surface area contributed by atoms with Gasteiger partial charge in [0, 0.05) is 9.79 Å². The van der Waals surface area contributed by atoms with E-state index in [1.54, 1.807) is 0 Å². The molecule has 0 N–H and O–H groups in total. The molecule has 0 aliphatic rings. The summed E-state index contributed by atoms with van der Waals surface area (Å²) >= 11 is 2.35. The minimum atomic E-state index is -0.0575. The van der Waals surface area contributed by atoms with Gasteiger partial charge in [-0.05, 0) is 105 Å². The molecule has 0 heterocycles. The molecule has 4 rings (SSSR count). The van der Waals surface area contributed by atoms with Crippen molar-refractivity contribution in [2.45, 2.75) is 9.79 Å². The van der Waals surface area contributed by atoms with E-state index in [1.165, 1.54) is 35.7 Å². The monoisotopic (exact) mass is 452 g/mol. The first-order chi connectivity index (χ1) is 15.6. The quantitative estimate of drug-likeness (QED) is 0.221. The zero-order chi connectivity index (χ0) is 22.5. The summed E-state index contributed by atoms with van der Waals surface area (Å²) < 4.78 is 0. The number of rotatable bonds is 6. The fraction of sp³-hybridized carbons (Fsp3) is 0. The Morgan fingerprint density at radius 1 is 0.531 bits per heavy atom. The summed E-state index contributed by atoms with van der Waals surface area (Å²) in [5, 5.41) is 2.21. The minimum Gasteiger partial charge on any atom is -0.282 e. The Bertz CT molecular complexity index is 1220. The van der Waals surface area contributed by atoms with Crippen molar-refractivity contribution in [3.05, 3.63) is 110 Å². The summed E-state index contributed by atoms with van der Waals surface area (Å²) in [7, 11) is 0. The summed E-state index contributed by atoms with van der Waals surface area (Å²) in [5.74, 6) is 0. The van der Waals surface area contributed by atoms with E-state index in [1.807, 2.05) is 48.5 Å². The van der Waals surface area contributed by atoms with E-state index in [0.717, 1.165) is 42.8 Å². The first-order valence-corrected chi connectivity index (χ1v) is 11.6. The lowest BCUT2D eigenvalue weighted by Crippen LogP contribution is -1.85. The van der Waals surface area contributed by atoms with Crippen molar-refractivity contribution < 1.29 is 9.59 Å². The maximum absolute atomic E-state index is 11.5. The molecule has 32 heavy (non-hydrogen) atoms. The number of thioether (sulfide) groups is 2. The van der Waals surface area contributed by atoms with Crippen molar-refractivity contribution in [1.29, 1.82) is 0 Å². The van der Waals surface area contributed by atoms with Gasteiger partial charge in [0.15, 0.2) is 0 Å². The summed E-state index contributed by atoms with van der Waals surface area (Å²) in [4.78, 5) is 24.8. The van der Waals surface area contributed by atoms with E-state index in [9.17, 15) is 9.59 Å². The molecule has 4 heteroatoms. The molecule has 0 atom stereocenters. The average molecular weight is 453 g/mol. The number of carbonyl (C=O) groups is 2. The van der Waals surface area contributed by atoms with Crippen LogP contribution in [-0.2, 0) is 9.59 Å². The molecule has 0 fully saturated rings. The Labute approximate surface area is 196 Å². The number of hydrogen-bond donors (Lipinski definition) is 0. The van der Waals surface area contributed by atoms with Gasteiger partial charge in [-0.2, -0.15) is 0 Å². The lowest BCUT2D eigenvalue weighted by molar-refractivity contribution is -0.107. The summed E-state index contributed by atoms with van der Waals surface area (Å²) in [6.07, 6.45) is 2.65. The zero-order valence-electron chi connectivity index (χ0n) is 17.3. The van der Waals surface area contributed by atoms with Crippen molar-refractivity contribution in [2.24, 2.45) is 0 Å². The van der Waals surface area contributed by atoms with Gasteiger partial charge in [-0.1, -0.05) is 61.7 Å². The molecule has 0 radical (unpaired) electrons. The molecule has 0 amide bonds.